The summed E-state index contributed by atoms with van der Waals surface area (Å²) < 4.78 is 10.5. The van der Waals surface area contributed by atoms with Gasteiger partial charge in [0.25, 0.3) is 5.91 Å². The number of amides is 3. The number of morpholine rings is 1. The maximum absolute atomic E-state index is 12.7. The largest absolute Gasteiger partial charge is 0.497 e. The van der Waals surface area contributed by atoms with E-state index in [0.29, 0.717) is 50.7 Å². The number of carbonyl (C=O) groups excluding carboxylic acids is 2. The number of methoxy groups -OCH3 is 1. The fraction of sp³-hybridized carbons (Fsp3) is 0.480. The second-order valence-corrected chi connectivity index (χ2v) is 8.58. The number of aryl methyl sites for hydroxylation is 1. The predicted octanol–water partition coefficient (Wildman–Crippen LogP) is 2.34. The summed E-state index contributed by atoms with van der Waals surface area (Å²) in [7, 11) is 1.61. The molecule has 2 aromatic rings. The van der Waals surface area contributed by atoms with Gasteiger partial charge in [-0.15, -0.1) is 0 Å². The van der Waals surface area contributed by atoms with Crippen molar-refractivity contribution in [1.29, 1.82) is 0 Å². The van der Waals surface area contributed by atoms with E-state index in [1.165, 1.54) is 0 Å². The molecule has 182 valence electrons. The van der Waals surface area contributed by atoms with Crippen molar-refractivity contribution in [2.75, 3.05) is 71.5 Å². The number of anilines is 1. The molecule has 0 spiro atoms. The Hall–Kier alpha value is -3.17. The zero-order valence-corrected chi connectivity index (χ0v) is 19.7. The van der Waals surface area contributed by atoms with Crippen LogP contribution in [0.25, 0.3) is 0 Å². The Morgan fingerprint density at radius 3 is 2.59 bits per heavy atom. The zero-order valence-electron chi connectivity index (χ0n) is 19.7. The highest BCUT2D eigenvalue weighted by Crippen LogP contribution is 2.17. The number of nitrogens with one attached hydrogen (secondary N) is 1. The van der Waals surface area contributed by atoms with Gasteiger partial charge in [0.1, 0.15) is 5.75 Å². The quantitative estimate of drug-likeness (QED) is 0.673. The molecule has 0 unspecified atom stereocenters. The summed E-state index contributed by atoms with van der Waals surface area (Å²) >= 11 is 0. The molecule has 2 fully saturated rings. The molecule has 3 heterocycles. The highest BCUT2D eigenvalue weighted by Gasteiger charge is 2.21. The van der Waals surface area contributed by atoms with Gasteiger partial charge in [-0.25, -0.2) is 4.79 Å². The van der Waals surface area contributed by atoms with Gasteiger partial charge in [0.2, 0.25) is 0 Å². The summed E-state index contributed by atoms with van der Waals surface area (Å²) in [6.07, 6.45) is 5.34. The second kappa shape index (κ2) is 11.8. The van der Waals surface area contributed by atoms with Crippen LogP contribution >= 0.6 is 0 Å². The molecule has 9 nitrogen and oxygen atoms in total. The summed E-state index contributed by atoms with van der Waals surface area (Å²) in [5.74, 6) is 0.745. The van der Waals surface area contributed by atoms with Gasteiger partial charge in [0, 0.05) is 63.4 Å². The predicted molar refractivity (Wildman–Crippen MR) is 129 cm³/mol. The average Bonchev–Trinajstić information content (AvgIpc) is 2.89. The fourth-order valence-corrected chi connectivity index (χ4v) is 4.27. The standard InChI is InChI=1S/C25H33N5O4/c1-33-23-6-2-5-22(17-23)27-25(32)30-10-8-28(9-11-30)7-3-4-20-16-21(19-26-18-20)24(31)29-12-14-34-15-13-29/h2,5-6,16-19H,3-4,7-15H2,1H3,(H,27,32). The summed E-state index contributed by atoms with van der Waals surface area (Å²) in [5.41, 5.74) is 2.46. The summed E-state index contributed by atoms with van der Waals surface area (Å²) in [6, 6.07) is 9.26. The Morgan fingerprint density at radius 2 is 1.82 bits per heavy atom. The number of piperazine rings is 1. The van der Waals surface area contributed by atoms with E-state index in [9.17, 15) is 9.59 Å². The molecule has 0 saturated carbocycles. The van der Waals surface area contributed by atoms with Gasteiger partial charge >= 0.3 is 6.03 Å². The molecule has 0 radical (unpaired) electrons. The van der Waals surface area contributed by atoms with E-state index in [-0.39, 0.29) is 11.9 Å². The van der Waals surface area contributed by atoms with Gasteiger partial charge in [0.05, 0.1) is 25.9 Å². The topological polar surface area (TPSA) is 87.2 Å². The Kier molecular flexibility index (Phi) is 8.32. The van der Waals surface area contributed by atoms with Gasteiger partial charge in [-0.3, -0.25) is 14.7 Å². The van der Waals surface area contributed by atoms with Gasteiger partial charge < -0.3 is 24.6 Å². The first-order valence-electron chi connectivity index (χ1n) is 11.9. The molecule has 2 aliphatic heterocycles. The molecule has 0 aliphatic carbocycles. The number of ether oxygens (including phenoxy) is 2. The fourth-order valence-electron chi connectivity index (χ4n) is 4.27. The lowest BCUT2D eigenvalue weighted by Gasteiger charge is -2.34. The van der Waals surface area contributed by atoms with E-state index in [1.54, 1.807) is 13.3 Å². The number of benzene rings is 1. The van der Waals surface area contributed by atoms with Crippen LogP contribution in [0.2, 0.25) is 0 Å². The molecule has 1 N–H and O–H groups in total. The number of rotatable bonds is 7. The second-order valence-electron chi connectivity index (χ2n) is 8.58. The first-order chi connectivity index (χ1) is 16.6. The molecule has 1 aromatic heterocycles. The Labute approximate surface area is 200 Å². The number of hydrogen-bond donors (Lipinski definition) is 1. The monoisotopic (exact) mass is 467 g/mol. The molecule has 2 saturated heterocycles. The SMILES string of the molecule is COc1cccc(NC(=O)N2CCN(CCCc3cncc(C(=O)N4CCOCC4)c3)CC2)c1. The third kappa shape index (κ3) is 6.45. The molecule has 9 heteroatoms. The number of urea groups is 1. The van der Waals surface area contributed by atoms with Crippen molar-refractivity contribution in [2.45, 2.75) is 12.8 Å². The number of carbonyl (C=O) groups is 2. The van der Waals surface area contributed by atoms with E-state index in [4.69, 9.17) is 9.47 Å². The van der Waals surface area contributed by atoms with Crippen LogP contribution in [0.1, 0.15) is 22.3 Å². The highest BCUT2D eigenvalue weighted by molar-refractivity contribution is 5.94. The Morgan fingerprint density at radius 1 is 1.03 bits per heavy atom. The summed E-state index contributed by atoms with van der Waals surface area (Å²) in [5, 5.41) is 2.95. The number of pyridine rings is 1. The maximum Gasteiger partial charge on any atom is 0.321 e. The Bertz CT molecular complexity index is 971. The first-order valence-corrected chi connectivity index (χ1v) is 11.9. The molecule has 0 bridgehead atoms. The zero-order chi connectivity index (χ0) is 23.8. The molecule has 4 rings (SSSR count). The smallest absolute Gasteiger partial charge is 0.321 e. The normalized spacial score (nSPS) is 16.9. The molecule has 2 aliphatic rings. The van der Waals surface area contributed by atoms with Crippen molar-refractivity contribution >= 4 is 17.6 Å². The number of nitrogens with zero attached hydrogens (tertiary/aromatic N) is 4. The van der Waals surface area contributed by atoms with Crippen LogP contribution in [0.4, 0.5) is 10.5 Å². The van der Waals surface area contributed by atoms with E-state index in [0.717, 1.165) is 43.7 Å². The van der Waals surface area contributed by atoms with Crippen molar-refractivity contribution in [3.8, 4) is 5.75 Å². The van der Waals surface area contributed by atoms with Crippen molar-refractivity contribution in [3.63, 3.8) is 0 Å². The van der Waals surface area contributed by atoms with Crippen LogP contribution in [0.3, 0.4) is 0 Å². The maximum atomic E-state index is 12.7. The lowest BCUT2D eigenvalue weighted by Crippen LogP contribution is -2.50. The van der Waals surface area contributed by atoms with E-state index < -0.39 is 0 Å². The van der Waals surface area contributed by atoms with Gasteiger partial charge in [0.15, 0.2) is 0 Å². The minimum Gasteiger partial charge on any atom is -0.497 e. The van der Waals surface area contributed by atoms with Crippen LogP contribution in [-0.4, -0.2) is 97.8 Å². The van der Waals surface area contributed by atoms with E-state index in [1.807, 2.05) is 46.3 Å². The molecule has 34 heavy (non-hydrogen) atoms. The summed E-state index contributed by atoms with van der Waals surface area (Å²) in [6.45, 7) is 6.48. The first kappa shape index (κ1) is 24.0. The molecule has 1 aromatic carbocycles. The summed E-state index contributed by atoms with van der Waals surface area (Å²) in [4.78, 5) is 35.6. The Balaban J connectivity index is 1.19. The van der Waals surface area contributed by atoms with Crippen LogP contribution in [0.5, 0.6) is 5.75 Å². The molecule has 0 atom stereocenters. The van der Waals surface area contributed by atoms with Crippen LogP contribution in [-0.2, 0) is 11.2 Å². The van der Waals surface area contributed by atoms with Gasteiger partial charge in [-0.05, 0) is 43.1 Å². The van der Waals surface area contributed by atoms with Crippen LogP contribution in [0, 0.1) is 0 Å². The minimum atomic E-state index is -0.0827. The van der Waals surface area contributed by atoms with E-state index in [2.05, 4.69) is 15.2 Å². The van der Waals surface area contributed by atoms with Crippen molar-refractivity contribution < 1.29 is 19.1 Å². The average molecular weight is 468 g/mol. The van der Waals surface area contributed by atoms with Crippen LogP contribution < -0.4 is 10.1 Å². The van der Waals surface area contributed by atoms with Gasteiger partial charge in [-0.1, -0.05) is 6.07 Å². The minimum absolute atomic E-state index is 0.0287. The van der Waals surface area contributed by atoms with Crippen molar-refractivity contribution in [3.05, 3.63) is 53.9 Å². The third-order valence-electron chi connectivity index (χ3n) is 6.26. The number of aromatic nitrogens is 1. The molecular weight excluding hydrogens is 434 g/mol. The van der Waals surface area contributed by atoms with Crippen LogP contribution in [0.15, 0.2) is 42.7 Å². The number of hydrogen-bond acceptors (Lipinski definition) is 6. The van der Waals surface area contributed by atoms with Crippen molar-refractivity contribution in [1.82, 2.24) is 19.7 Å². The molecule has 3 amide bonds. The highest BCUT2D eigenvalue weighted by atomic mass is 16.5. The third-order valence-corrected chi connectivity index (χ3v) is 6.26. The molecular formula is C25H33N5O4. The lowest BCUT2D eigenvalue weighted by molar-refractivity contribution is 0.0302. The van der Waals surface area contributed by atoms with Crippen molar-refractivity contribution in [2.24, 2.45) is 0 Å². The van der Waals surface area contributed by atoms with Gasteiger partial charge in [-0.2, -0.15) is 0 Å². The van der Waals surface area contributed by atoms with E-state index >= 15 is 0 Å². The lowest BCUT2D eigenvalue weighted by atomic mass is 10.1.